The highest BCUT2D eigenvalue weighted by Crippen LogP contribution is 2.19. The molecule has 1 aromatic carbocycles. The molecule has 1 aliphatic rings. The van der Waals surface area contributed by atoms with Crippen molar-refractivity contribution < 1.29 is 0 Å². The normalized spacial score (nSPS) is 23.7. The Morgan fingerprint density at radius 1 is 1.33 bits per heavy atom. The van der Waals surface area contributed by atoms with Crippen molar-refractivity contribution in [2.24, 2.45) is 0 Å². The quantitative estimate of drug-likeness (QED) is 0.785. The number of likely N-dealkylation sites (N-methyl/N-ethyl adjacent to an activating group) is 1. The number of nitrogens with one attached hydrogen (secondary N) is 1. The first-order valence-electron chi connectivity index (χ1n) is 5.40. The van der Waals surface area contributed by atoms with E-state index in [1.54, 1.807) is 0 Å². The van der Waals surface area contributed by atoms with E-state index in [0.29, 0.717) is 5.92 Å². The number of benzene rings is 1. The Morgan fingerprint density at radius 3 is 2.80 bits per heavy atom. The molecule has 0 bridgehead atoms. The minimum Gasteiger partial charge on any atom is -0.315 e. The van der Waals surface area contributed by atoms with Crippen molar-refractivity contribution in [3.05, 3.63) is 34.9 Å². The lowest BCUT2D eigenvalue weighted by Gasteiger charge is -2.19. The maximum atomic E-state index is 5.89. The summed E-state index contributed by atoms with van der Waals surface area (Å²) in [5.74, 6) is 0.578. The zero-order valence-electron chi connectivity index (χ0n) is 9.04. The molecule has 0 spiro atoms. The summed E-state index contributed by atoms with van der Waals surface area (Å²) in [5, 5.41) is 4.28. The van der Waals surface area contributed by atoms with Gasteiger partial charge >= 0.3 is 0 Å². The monoisotopic (exact) mass is 224 g/mol. The second-order valence-corrected chi connectivity index (χ2v) is 4.65. The largest absolute Gasteiger partial charge is 0.315 e. The van der Waals surface area contributed by atoms with Gasteiger partial charge in [0.05, 0.1) is 0 Å². The van der Waals surface area contributed by atoms with Crippen molar-refractivity contribution in [1.29, 1.82) is 0 Å². The average molecular weight is 225 g/mol. The Labute approximate surface area is 96.2 Å². The Morgan fingerprint density at radius 2 is 2.07 bits per heavy atom. The molecular weight excluding hydrogens is 208 g/mol. The average Bonchev–Trinajstić information content (AvgIpc) is 2.44. The van der Waals surface area contributed by atoms with Gasteiger partial charge in [0.1, 0.15) is 0 Å². The molecule has 0 radical (unpaired) electrons. The number of halogens is 1. The molecule has 15 heavy (non-hydrogen) atoms. The SMILES string of the molecule is CN1CCNCC(c2ccc(Cl)cc2)C1. The lowest BCUT2D eigenvalue weighted by atomic mass is 9.99. The summed E-state index contributed by atoms with van der Waals surface area (Å²) in [6.45, 7) is 4.39. The summed E-state index contributed by atoms with van der Waals surface area (Å²) in [6.07, 6.45) is 0. The van der Waals surface area contributed by atoms with Gasteiger partial charge in [-0.05, 0) is 24.7 Å². The van der Waals surface area contributed by atoms with E-state index in [-0.39, 0.29) is 0 Å². The third kappa shape index (κ3) is 2.94. The fraction of sp³-hybridized carbons (Fsp3) is 0.500. The van der Waals surface area contributed by atoms with Crippen LogP contribution < -0.4 is 5.32 Å². The first-order valence-corrected chi connectivity index (χ1v) is 5.78. The van der Waals surface area contributed by atoms with Gasteiger partial charge in [-0.25, -0.2) is 0 Å². The number of hydrogen-bond donors (Lipinski definition) is 1. The molecule has 2 rings (SSSR count). The first-order chi connectivity index (χ1) is 7.25. The topological polar surface area (TPSA) is 15.3 Å². The molecular formula is C12H17ClN2. The second kappa shape index (κ2) is 4.97. The molecule has 0 aromatic heterocycles. The van der Waals surface area contributed by atoms with Crippen LogP contribution >= 0.6 is 11.6 Å². The van der Waals surface area contributed by atoms with Gasteiger partial charge in [-0.2, -0.15) is 0 Å². The summed E-state index contributed by atoms with van der Waals surface area (Å²) in [4.78, 5) is 2.37. The third-order valence-electron chi connectivity index (χ3n) is 2.93. The zero-order chi connectivity index (χ0) is 10.7. The van der Waals surface area contributed by atoms with Gasteiger partial charge in [-0.3, -0.25) is 0 Å². The van der Waals surface area contributed by atoms with E-state index in [9.17, 15) is 0 Å². The van der Waals surface area contributed by atoms with Crippen LogP contribution in [0.5, 0.6) is 0 Å². The third-order valence-corrected chi connectivity index (χ3v) is 3.19. The van der Waals surface area contributed by atoms with E-state index in [1.165, 1.54) is 5.56 Å². The van der Waals surface area contributed by atoms with E-state index in [4.69, 9.17) is 11.6 Å². The lowest BCUT2D eigenvalue weighted by Crippen LogP contribution is -2.24. The Bertz CT molecular complexity index is 310. The molecule has 1 aliphatic heterocycles. The van der Waals surface area contributed by atoms with Gasteiger partial charge in [0, 0.05) is 37.1 Å². The van der Waals surface area contributed by atoms with Crippen LogP contribution in [-0.2, 0) is 0 Å². The van der Waals surface area contributed by atoms with Gasteiger partial charge in [0.25, 0.3) is 0 Å². The Balaban J connectivity index is 2.11. The maximum Gasteiger partial charge on any atom is 0.0406 e. The van der Waals surface area contributed by atoms with Crippen LogP contribution in [0.2, 0.25) is 5.02 Å². The van der Waals surface area contributed by atoms with Crippen molar-refractivity contribution in [2.45, 2.75) is 5.92 Å². The minimum atomic E-state index is 0.578. The predicted molar refractivity (Wildman–Crippen MR) is 64.6 cm³/mol. The van der Waals surface area contributed by atoms with Crippen LogP contribution in [0, 0.1) is 0 Å². The van der Waals surface area contributed by atoms with Crippen LogP contribution in [0.15, 0.2) is 24.3 Å². The van der Waals surface area contributed by atoms with Gasteiger partial charge in [-0.1, -0.05) is 23.7 Å². The Hall–Kier alpha value is -0.570. The first kappa shape index (κ1) is 10.9. The lowest BCUT2D eigenvalue weighted by molar-refractivity contribution is 0.342. The van der Waals surface area contributed by atoms with E-state index in [0.717, 1.165) is 31.2 Å². The van der Waals surface area contributed by atoms with Crippen LogP contribution in [0.3, 0.4) is 0 Å². The highest BCUT2D eigenvalue weighted by atomic mass is 35.5. The highest BCUT2D eigenvalue weighted by Gasteiger charge is 2.16. The molecule has 2 nitrogen and oxygen atoms in total. The summed E-state index contributed by atoms with van der Waals surface area (Å²) in [7, 11) is 2.18. The van der Waals surface area contributed by atoms with E-state index < -0.39 is 0 Å². The van der Waals surface area contributed by atoms with Crippen LogP contribution in [-0.4, -0.2) is 38.1 Å². The van der Waals surface area contributed by atoms with Crippen molar-refractivity contribution >= 4 is 11.6 Å². The van der Waals surface area contributed by atoms with Crippen LogP contribution in [0.4, 0.5) is 0 Å². The molecule has 82 valence electrons. The number of rotatable bonds is 1. The van der Waals surface area contributed by atoms with E-state index in [1.807, 2.05) is 12.1 Å². The van der Waals surface area contributed by atoms with Crippen molar-refractivity contribution in [2.75, 3.05) is 33.2 Å². The summed E-state index contributed by atoms with van der Waals surface area (Å²) in [6, 6.07) is 8.21. The summed E-state index contributed by atoms with van der Waals surface area (Å²) < 4.78 is 0. The predicted octanol–water partition coefficient (Wildman–Crippen LogP) is 1.96. The summed E-state index contributed by atoms with van der Waals surface area (Å²) in [5.41, 5.74) is 1.38. The molecule has 0 saturated carbocycles. The zero-order valence-corrected chi connectivity index (χ0v) is 9.80. The highest BCUT2D eigenvalue weighted by molar-refractivity contribution is 6.30. The fourth-order valence-electron chi connectivity index (χ4n) is 2.04. The van der Waals surface area contributed by atoms with Crippen molar-refractivity contribution in [1.82, 2.24) is 10.2 Å². The van der Waals surface area contributed by atoms with Gasteiger partial charge in [0.2, 0.25) is 0 Å². The minimum absolute atomic E-state index is 0.578. The molecule has 0 amide bonds. The van der Waals surface area contributed by atoms with Gasteiger partial charge in [-0.15, -0.1) is 0 Å². The van der Waals surface area contributed by atoms with E-state index >= 15 is 0 Å². The second-order valence-electron chi connectivity index (χ2n) is 4.21. The van der Waals surface area contributed by atoms with Crippen molar-refractivity contribution in [3.63, 3.8) is 0 Å². The molecule has 1 N–H and O–H groups in total. The Kier molecular flexibility index (Phi) is 3.62. The molecule has 1 fully saturated rings. The molecule has 1 heterocycles. The molecule has 1 aromatic rings. The van der Waals surface area contributed by atoms with Crippen LogP contribution in [0.1, 0.15) is 11.5 Å². The van der Waals surface area contributed by atoms with E-state index in [2.05, 4.69) is 29.4 Å². The van der Waals surface area contributed by atoms with Crippen molar-refractivity contribution in [3.8, 4) is 0 Å². The van der Waals surface area contributed by atoms with Gasteiger partial charge < -0.3 is 10.2 Å². The van der Waals surface area contributed by atoms with Crippen LogP contribution in [0.25, 0.3) is 0 Å². The number of hydrogen-bond acceptors (Lipinski definition) is 2. The molecule has 3 heteroatoms. The fourth-order valence-corrected chi connectivity index (χ4v) is 2.16. The number of nitrogens with zero attached hydrogens (tertiary/aromatic N) is 1. The smallest absolute Gasteiger partial charge is 0.0406 e. The summed E-state index contributed by atoms with van der Waals surface area (Å²) >= 11 is 5.89. The molecule has 1 atom stereocenters. The van der Waals surface area contributed by atoms with Gasteiger partial charge in [0.15, 0.2) is 0 Å². The standard InChI is InChI=1S/C12H17ClN2/c1-15-7-6-14-8-11(9-15)10-2-4-12(13)5-3-10/h2-5,11,14H,6-9H2,1H3. The maximum absolute atomic E-state index is 5.89. The molecule has 1 unspecified atom stereocenters. The molecule has 0 aliphatic carbocycles. The molecule has 1 saturated heterocycles.